The fourth-order valence-electron chi connectivity index (χ4n) is 3.08. The maximum atomic E-state index is 14.4. The normalized spacial score (nSPS) is 21.3. The maximum absolute atomic E-state index is 14.4. The van der Waals surface area contributed by atoms with Crippen molar-refractivity contribution >= 4 is 16.6 Å². The van der Waals surface area contributed by atoms with E-state index < -0.39 is 11.9 Å². The lowest BCUT2D eigenvalue weighted by atomic mass is 10.1. The highest BCUT2D eigenvalue weighted by atomic mass is 19.1. The van der Waals surface area contributed by atoms with Crippen molar-refractivity contribution in [3.63, 3.8) is 0 Å². The number of rotatable bonds is 1. The van der Waals surface area contributed by atoms with Gasteiger partial charge in [-0.15, -0.1) is 0 Å². The smallest absolute Gasteiger partial charge is 0.189 e. The van der Waals surface area contributed by atoms with Crippen molar-refractivity contribution in [3.8, 4) is 5.75 Å². The molecule has 5 nitrogen and oxygen atoms in total. The van der Waals surface area contributed by atoms with Crippen molar-refractivity contribution in [2.75, 3.05) is 24.6 Å². The molecule has 1 fully saturated rings. The second-order valence-electron chi connectivity index (χ2n) is 5.74. The molecule has 3 heterocycles. The Kier molecular flexibility index (Phi) is 2.53. The molecule has 1 aromatic carbocycles. The van der Waals surface area contributed by atoms with Crippen molar-refractivity contribution in [3.05, 3.63) is 34.4 Å². The quantitative estimate of drug-likeness (QED) is 0.859. The molecule has 0 saturated carbocycles. The van der Waals surface area contributed by atoms with E-state index in [9.17, 15) is 14.3 Å². The van der Waals surface area contributed by atoms with E-state index in [4.69, 9.17) is 4.74 Å². The average molecular weight is 290 g/mol. The molecule has 1 atom stereocenters. The summed E-state index contributed by atoms with van der Waals surface area (Å²) >= 11 is 0. The third-order valence-corrected chi connectivity index (χ3v) is 4.21. The van der Waals surface area contributed by atoms with Crippen molar-refractivity contribution < 1.29 is 14.2 Å². The third-order valence-electron chi connectivity index (χ3n) is 4.21. The van der Waals surface area contributed by atoms with E-state index >= 15 is 0 Å². The van der Waals surface area contributed by atoms with Gasteiger partial charge in [-0.2, -0.15) is 0 Å². The fourth-order valence-corrected chi connectivity index (χ4v) is 3.08. The molecule has 0 aliphatic carbocycles. The van der Waals surface area contributed by atoms with Gasteiger partial charge in [-0.1, -0.05) is 0 Å². The molecule has 0 spiro atoms. The highest BCUT2D eigenvalue weighted by Crippen LogP contribution is 2.42. The molecule has 6 heteroatoms. The zero-order valence-corrected chi connectivity index (χ0v) is 11.5. The first-order valence-corrected chi connectivity index (χ1v) is 6.99. The summed E-state index contributed by atoms with van der Waals surface area (Å²) in [6.07, 6.45) is 1.29. The molecule has 2 aliphatic heterocycles. The molecular weight excluding hydrogens is 275 g/mol. The number of pyridine rings is 1. The summed E-state index contributed by atoms with van der Waals surface area (Å²) in [7, 11) is 0. The summed E-state index contributed by atoms with van der Waals surface area (Å²) in [5, 5.41) is 9.78. The third kappa shape index (κ3) is 1.68. The summed E-state index contributed by atoms with van der Waals surface area (Å²) in [6.45, 7) is 3.18. The van der Waals surface area contributed by atoms with Gasteiger partial charge in [-0.3, -0.25) is 4.79 Å². The molecular formula is C15H15FN2O3. The van der Waals surface area contributed by atoms with Gasteiger partial charge in [0.15, 0.2) is 17.0 Å². The zero-order chi connectivity index (χ0) is 14.7. The summed E-state index contributed by atoms with van der Waals surface area (Å²) in [4.78, 5) is 13.8. The lowest BCUT2D eigenvalue weighted by molar-refractivity contribution is 0.140. The molecule has 0 amide bonds. The number of anilines is 1. The Morgan fingerprint density at radius 2 is 2.19 bits per heavy atom. The first-order valence-electron chi connectivity index (χ1n) is 6.99. The van der Waals surface area contributed by atoms with Crippen LogP contribution in [0.2, 0.25) is 0 Å². The highest BCUT2D eigenvalue weighted by molar-refractivity contribution is 5.92. The lowest BCUT2D eigenvalue weighted by Gasteiger charge is -2.40. The van der Waals surface area contributed by atoms with E-state index in [1.54, 1.807) is 11.1 Å². The van der Waals surface area contributed by atoms with E-state index in [2.05, 4.69) is 0 Å². The van der Waals surface area contributed by atoms with Crippen molar-refractivity contribution in [1.29, 1.82) is 0 Å². The van der Waals surface area contributed by atoms with E-state index in [0.29, 0.717) is 42.0 Å². The van der Waals surface area contributed by atoms with Gasteiger partial charge in [0, 0.05) is 25.4 Å². The summed E-state index contributed by atoms with van der Waals surface area (Å²) in [5.74, 6) is -0.0681. The Morgan fingerprint density at radius 3 is 2.90 bits per heavy atom. The van der Waals surface area contributed by atoms with Crippen LogP contribution in [0.4, 0.5) is 10.1 Å². The van der Waals surface area contributed by atoms with Gasteiger partial charge in [-0.25, -0.2) is 4.39 Å². The number of hydrogen-bond donors (Lipinski definition) is 1. The highest BCUT2D eigenvalue weighted by Gasteiger charge is 2.33. The Labute approximate surface area is 120 Å². The molecule has 110 valence electrons. The van der Waals surface area contributed by atoms with Gasteiger partial charge in [0.2, 0.25) is 0 Å². The largest absolute Gasteiger partial charge is 0.487 e. The topological polar surface area (TPSA) is 54.7 Å². The zero-order valence-electron chi connectivity index (χ0n) is 11.5. The fraction of sp³-hybridized carbons (Fsp3) is 0.400. The Bertz CT molecular complexity index is 796. The van der Waals surface area contributed by atoms with Crippen molar-refractivity contribution in [2.24, 2.45) is 0 Å². The molecule has 0 radical (unpaired) electrons. The molecule has 1 N–H and O–H groups in total. The lowest BCUT2D eigenvalue weighted by Crippen LogP contribution is -2.51. The van der Waals surface area contributed by atoms with Gasteiger partial charge in [0.1, 0.15) is 12.3 Å². The van der Waals surface area contributed by atoms with Crippen molar-refractivity contribution in [2.45, 2.75) is 19.1 Å². The van der Waals surface area contributed by atoms with E-state index in [1.165, 1.54) is 12.1 Å². The number of aliphatic hydroxyl groups excluding tert-OH is 1. The minimum absolute atomic E-state index is 0.0842. The van der Waals surface area contributed by atoms with Crippen LogP contribution in [0.25, 0.3) is 10.9 Å². The van der Waals surface area contributed by atoms with Gasteiger partial charge >= 0.3 is 0 Å². The van der Waals surface area contributed by atoms with E-state index in [1.807, 2.05) is 11.5 Å². The molecule has 1 aromatic heterocycles. The van der Waals surface area contributed by atoms with Crippen LogP contribution in [0.3, 0.4) is 0 Å². The maximum Gasteiger partial charge on any atom is 0.189 e. The Morgan fingerprint density at radius 1 is 1.43 bits per heavy atom. The molecule has 1 unspecified atom stereocenters. The van der Waals surface area contributed by atoms with Crippen LogP contribution in [-0.2, 0) is 0 Å². The number of halogens is 1. The molecule has 2 aromatic rings. The minimum atomic E-state index is -0.478. The second kappa shape index (κ2) is 4.21. The number of aliphatic hydroxyl groups is 1. The summed E-state index contributed by atoms with van der Waals surface area (Å²) < 4.78 is 22.1. The van der Waals surface area contributed by atoms with Gasteiger partial charge < -0.3 is 19.3 Å². The van der Waals surface area contributed by atoms with Crippen LogP contribution < -0.4 is 15.1 Å². The molecule has 0 bridgehead atoms. The number of ether oxygens (including phenoxy) is 1. The van der Waals surface area contributed by atoms with E-state index in [0.717, 1.165) is 0 Å². The molecule has 21 heavy (non-hydrogen) atoms. The predicted molar refractivity (Wildman–Crippen MR) is 76.6 cm³/mol. The van der Waals surface area contributed by atoms with Crippen LogP contribution in [0, 0.1) is 5.82 Å². The van der Waals surface area contributed by atoms with Crippen molar-refractivity contribution in [1.82, 2.24) is 4.57 Å². The van der Waals surface area contributed by atoms with Crippen LogP contribution >= 0.6 is 0 Å². The number of hydrogen-bond acceptors (Lipinski definition) is 4. The van der Waals surface area contributed by atoms with Gasteiger partial charge in [-0.05, 0) is 13.0 Å². The summed E-state index contributed by atoms with van der Waals surface area (Å²) in [5.41, 5.74) is 0.771. The molecule has 1 saturated heterocycles. The SMILES string of the molecule is CC1COc2c(N3CC(O)C3)c(F)cc3c(=O)ccn1c23. The van der Waals surface area contributed by atoms with Crippen LogP contribution in [0.15, 0.2) is 23.1 Å². The Hall–Kier alpha value is -2.08. The second-order valence-corrected chi connectivity index (χ2v) is 5.74. The predicted octanol–water partition coefficient (Wildman–Crippen LogP) is 1.27. The summed E-state index contributed by atoms with van der Waals surface area (Å²) in [6, 6.07) is 2.82. The minimum Gasteiger partial charge on any atom is -0.487 e. The van der Waals surface area contributed by atoms with Crippen LogP contribution in [0.1, 0.15) is 13.0 Å². The number of nitrogens with zero attached hydrogens (tertiary/aromatic N) is 2. The van der Waals surface area contributed by atoms with Crippen LogP contribution in [-0.4, -0.2) is 35.5 Å². The molecule has 4 rings (SSSR count). The monoisotopic (exact) mass is 290 g/mol. The van der Waals surface area contributed by atoms with Gasteiger partial charge in [0.05, 0.1) is 23.0 Å². The number of β-amino-alcohol motifs (C(OH)–C–C–N with tert-alkyl or cyclic N) is 1. The van der Waals surface area contributed by atoms with E-state index in [-0.39, 0.29) is 11.5 Å². The average Bonchev–Trinajstić information content (AvgIpc) is 2.42. The number of aromatic nitrogens is 1. The molecule has 2 aliphatic rings. The number of benzene rings is 1. The van der Waals surface area contributed by atoms with Gasteiger partial charge in [0.25, 0.3) is 0 Å². The Balaban J connectivity index is 2.05. The first kappa shape index (κ1) is 12.6. The standard InChI is InChI=1S/C15H15FN2O3/c1-8-7-21-15-13-10(12(20)2-3-18(8)13)4-11(16)14(15)17-5-9(19)6-17/h2-4,8-9,19H,5-7H2,1H3. The first-order chi connectivity index (χ1) is 10.1. The van der Waals surface area contributed by atoms with Crippen LogP contribution in [0.5, 0.6) is 5.75 Å².